The minimum absolute atomic E-state index is 0.374. The Bertz CT molecular complexity index is 709. The molecule has 2 aromatic carbocycles. The number of hydrogen-bond donors (Lipinski definition) is 1. The smallest absolute Gasteiger partial charge is 0.204 e. The SMILES string of the molecule is CCOc1c(OC)ccc(-c2cccc3c2CCC3O)c1OC. The first-order valence-corrected chi connectivity index (χ1v) is 7.89. The Hall–Kier alpha value is -2.20. The molecule has 3 rings (SSSR count). The van der Waals surface area contributed by atoms with E-state index >= 15 is 0 Å². The number of rotatable bonds is 5. The second kappa shape index (κ2) is 6.50. The van der Waals surface area contributed by atoms with Gasteiger partial charge >= 0.3 is 0 Å². The molecule has 0 amide bonds. The van der Waals surface area contributed by atoms with Crippen LogP contribution < -0.4 is 14.2 Å². The van der Waals surface area contributed by atoms with E-state index in [1.165, 1.54) is 5.56 Å². The fourth-order valence-corrected chi connectivity index (χ4v) is 3.29. The molecular weight excluding hydrogens is 292 g/mol. The van der Waals surface area contributed by atoms with Crippen molar-refractivity contribution in [2.24, 2.45) is 0 Å². The first-order chi connectivity index (χ1) is 11.2. The van der Waals surface area contributed by atoms with Crippen LogP contribution in [-0.4, -0.2) is 25.9 Å². The number of hydrogen-bond acceptors (Lipinski definition) is 4. The summed E-state index contributed by atoms with van der Waals surface area (Å²) in [6.07, 6.45) is 1.26. The van der Waals surface area contributed by atoms with E-state index < -0.39 is 0 Å². The minimum Gasteiger partial charge on any atom is -0.493 e. The first kappa shape index (κ1) is 15.7. The number of ether oxygens (including phenoxy) is 3. The van der Waals surface area contributed by atoms with Crippen molar-refractivity contribution in [3.05, 3.63) is 41.5 Å². The van der Waals surface area contributed by atoms with Crippen molar-refractivity contribution in [1.82, 2.24) is 0 Å². The van der Waals surface area contributed by atoms with Crippen LogP contribution in [0.5, 0.6) is 17.2 Å². The lowest BCUT2D eigenvalue weighted by Gasteiger charge is -2.18. The average molecular weight is 314 g/mol. The van der Waals surface area contributed by atoms with Gasteiger partial charge in [-0.25, -0.2) is 0 Å². The van der Waals surface area contributed by atoms with Gasteiger partial charge in [-0.05, 0) is 48.6 Å². The third kappa shape index (κ3) is 2.63. The number of methoxy groups -OCH3 is 2. The van der Waals surface area contributed by atoms with Crippen LogP contribution in [0.15, 0.2) is 30.3 Å². The molecule has 4 heteroatoms. The molecule has 1 aliphatic rings. The Balaban J connectivity index is 2.20. The van der Waals surface area contributed by atoms with Crippen LogP contribution in [0.3, 0.4) is 0 Å². The molecule has 1 aliphatic carbocycles. The van der Waals surface area contributed by atoms with Gasteiger partial charge in [0.2, 0.25) is 5.75 Å². The number of fused-ring (bicyclic) bond motifs is 1. The van der Waals surface area contributed by atoms with Crippen LogP contribution in [0.4, 0.5) is 0 Å². The van der Waals surface area contributed by atoms with E-state index in [1.54, 1.807) is 14.2 Å². The Morgan fingerprint density at radius 2 is 1.87 bits per heavy atom. The van der Waals surface area contributed by atoms with E-state index in [-0.39, 0.29) is 6.10 Å². The van der Waals surface area contributed by atoms with E-state index in [0.717, 1.165) is 29.5 Å². The second-order valence-corrected chi connectivity index (χ2v) is 5.54. The zero-order valence-electron chi connectivity index (χ0n) is 13.8. The first-order valence-electron chi connectivity index (χ1n) is 7.89. The van der Waals surface area contributed by atoms with E-state index in [9.17, 15) is 5.11 Å². The Kier molecular flexibility index (Phi) is 4.44. The average Bonchev–Trinajstić information content (AvgIpc) is 2.96. The molecule has 1 unspecified atom stereocenters. The minimum atomic E-state index is -0.374. The summed E-state index contributed by atoms with van der Waals surface area (Å²) in [5.41, 5.74) is 4.24. The summed E-state index contributed by atoms with van der Waals surface area (Å²) in [6, 6.07) is 9.92. The fourth-order valence-electron chi connectivity index (χ4n) is 3.29. The summed E-state index contributed by atoms with van der Waals surface area (Å²) in [7, 11) is 3.26. The normalized spacial score (nSPS) is 16.1. The number of benzene rings is 2. The summed E-state index contributed by atoms with van der Waals surface area (Å²) in [6.45, 7) is 2.46. The Morgan fingerprint density at radius 1 is 1.04 bits per heavy atom. The van der Waals surface area contributed by atoms with Crippen LogP contribution in [0.25, 0.3) is 11.1 Å². The van der Waals surface area contributed by atoms with Gasteiger partial charge in [-0.3, -0.25) is 0 Å². The van der Waals surface area contributed by atoms with Gasteiger partial charge < -0.3 is 19.3 Å². The zero-order chi connectivity index (χ0) is 16.4. The van der Waals surface area contributed by atoms with Gasteiger partial charge in [-0.15, -0.1) is 0 Å². The van der Waals surface area contributed by atoms with Gasteiger partial charge in [-0.2, -0.15) is 0 Å². The Labute approximate surface area is 136 Å². The molecule has 1 atom stereocenters. The van der Waals surface area contributed by atoms with Gasteiger partial charge in [0.15, 0.2) is 11.5 Å². The lowest BCUT2D eigenvalue weighted by Crippen LogP contribution is -2.01. The van der Waals surface area contributed by atoms with Crippen molar-refractivity contribution < 1.29 is 19.3 Å². The quantitative estimate of drug-likeness (QED) is 0.913. The molecule has 0 radical (unpaired) electrons. The van der Waals surface area contributed by atoms with Gasteiger partial charge in [0.1, 0.15) is 0 Å². The van der Waals surface area contributed by atoms with Crippen LogP contribution >= 0.6 is 0 Å². The maximum absolute atomic E-state index is 10.1. The van der Waals surface area contributed by atoms with Crippen LogP contribution in [0, 0.1) is 0 Å². The predicted molar refractivity (Wildman–Crippen MR) is 89.4 cm³/mol. The van der Waals surface area contributed by atoms with Crippen molar-refractivity contribution >= 4 is 0 Å². The topological polar surface area (TPSA) is 47.9 Å². The molecule has 0 heterocycles. The highest BCUT2D eigenvalue weighted by Crippen LogP contribution is 2.47. The third-order valence-corrected chi connectivity index (χ3v) is 4.32. The van der Waals surface area contributed by atoms with Crippen LogP contribution in [-0.2, 0) is 6.42 Å². The summed E-state index contributed by atoms with van der Waals surface area (Å²) in [5, 5.41) is 10.1. The van der Waals surface area contributed by atoms with Crippen LogP contribution in [0.1, 0.15) is 30.6 Å². The van der Waals surface area contributed by atoms with Crippen molar-refractivity contribution in [2.45, 2.75) is 25.9 Å². The van der Waals surface area contributed by atoms with Gasteiger partial charge in [0.25, 0.3) is 0 Å². The lowest BCUT2D eigenvalue weighted by atomic mass is 9.95. The maximum Gasteiger partial charge on any atom is 0.204 e. The number of aliphatic hydroxyl groups is 1. The monoisotopic (exact) mass is 314 g/mol. The zero-order valence-corrected chi connectivity index (χ0v) is 13.8. The predicted octanol–water partition coefficient (Wildman–Crippen LogP) is 3.75. The molecule has 4 nitrogen and oxygen atoms in total. The van der Waals surface area contributed by atoms with E-state index in [4.69, 9.17) is 14.2 Å². The fraction of sp³-hybridized carbons (Fsp3) is 0.368. The van der Waals surface area contributed by atoms with E-state index in [0.29, 0.717) is 23.9 Å². The number of aliphatic hydroxyl groups excluding tert-OH is 1. The molecule has 0 fully saturated rings. The summed E-state index contributed by atoms with van der Waals surface area (Å²) >= 11 is 0. The van der Waals surface area contributed by atoms with Crippen LogP contribution in [0.2, 0.25) is 0 Å². The van der Waals surface area contributed by atoms with Crippen molar-refractivity contribution in [1.29, 1.82) is 0 Å². The van der Waals surface area contributed by atoms with Crippen molar-refractivity contribution in [3.63, 3.8) is 0 Å². The highest BCUT2D eigenvalue weighted by atomic mass is 16.5. The summed E-state index contributed by atoms with van der Waals surface area (Å²) in [4.78, 5) is 0. The lowest BCUT2D eigenvalue weighted by molar-refractivity contribution is 0.180. The van der Waals surface area contributed by atoms with Crippen molar-refractivity contribution in [3.8, 4) is 28.4 Å². The second-order valence-electron chi connectivity index (χ2n) is 5.54. The van der Waals surface area contributed by atoms with E-state index in [2.05, 4.69) is 6.07 Å². The van der Waals surface area contributed by atoms with Gasteiger partial charge in [-0.1, -0.05) is 18.2 Å². The molecule has 1 N–H and O–H groups in total. The molecule has 23 heavy (non-hydrogen) atoms. The molecule has 0 spiro atoms. The molecule has 2 aromatic rings. The highest BCUT2D eigenvalue weighted by molar-refractivity contribution is 5.79. The van der Waals surface area contributed by atoms with Gasteiger partial charge in [0, 0.05) is 5.56 Å². The van der Waals surface area contributed by atoms with E-state index in [1.807, 2.05) is 31.2 Å². The largest absolute Gasteiger partial charge is 0.493 e. The molecule has 122 valence electrons. The standard InChI is InChI=1S/C19H22O4/c1-4-23-19-17(21-2)11-9-15(18(19)22-3)12-6-5-7-14-13(12)8-10-16(14)20/h5-7,9,11,16,20H,4,8,10H2,1-3H3. The highest BCUT2D eigenvalue weighted by Gasteiger charge is 2.25. The Morgan fingerprint density at radius 3 is 2.57 bits per heavy atom. The van der Waals surface area contributed by atoms with Crippen molar-refractivity contribution in [2.75, 3.05) is 20.8 Å². The molecule has 0 aliphatic heterocycles. The molecule has 0 saturated heterocycles. The third-order valence-electron chi connectivity index (χ3n) is 4.32. The molecule has 0 saturated carbocycles. The molecule has 0 bridgehead atoms. The summed E-state index contributed by atoms with van der Waals surface area (Å²) in [5.74, 6) is 1.94. The summed E-state index contributed by atoms with van der Waals surface area (Å²) < 4.78 is 16.8. The maximum atomic E-state index is 10.1. The molecule has 0 aromatic heterocycles. The molecular formula is C19H22O4. The van der Waals surface area contributed by atoms with Gasteiger partial charge in [0.05, 0.1) is 26.9 Å².